The third-order valence-corrected chi connectivity index (χ3v) is 5.35. The number of benzene rings is 3. The van der Waals surface area contributed by atoms with Crippen LogP contribution in [0.4, 0.5) is 0 Å². The van der Waals surface area contributed by atoms with Gasteiger partial charge in [-0.25, -0.2) is 4.79 Å². The average molecular weight is 370 g/mol. The SMILES string of the molecule is O=c1oc2ccccc2c(O)c1C1CC(c2ccccc2)Oc2ccccc21. The van der Waals surface area contributed by atoms with Crippen molar-refractivity contribution in [1.29, 1.82) is 0 Å². The van der Waals surface area contributed by atoms with Gasteiger partial charge in [0.1, 0.15) is 23.2 Å². The third-order valence-electron chi connectivity index (χ3n) is 5.35. The van der Waals surface area contributed by atoms with Gasteiger partial charge in [-0.1, -0.05) is 60.7 Å². The first kappa shape index (κ1) is 16.6. The zero-order valence-electron chi connectivity index (χ0n) is 15.0. The zero-order valence-corrected chi connectivity index (χ0v) is 15.0. The van der Waals surface area contributed by atoms with Crippen molar-refractivity contribution in [1.82, 2.24) is 0 Å². The number of ether oxygens (including phenoxy) is 1. The summed E-state index contributed by atoms with van der Waals surface area (Å²) in [4.78, 5) is 12.8. The lowest BCUT2D eigenvalue weighted by atomic mass is 9.82. The Morgan fingerprint density at radius 3 is 2.43 bits per heavy atom. The van der Waals surface area contributed by atoms with Crippen LogP contribution in [0.15, 0.2) is 88.1 Å². The molecular weight excluding hydrogens is 352 g/mol. The first-order valence-corrected chi connectivity index (χ1v) is 9.27. The molecule has 3 aromatic carbocycles. The molecule has 5 rings (SSSR count). The summed E-state index contributed by atoms with van der Waals surface area (Å²) in [5, 5.41) is 11.5. The predicted octanol–water partition coefficient (Wildman–Crippen LogP) is 5.15. The van der Waals surface area contributed by atoms with Crippen LogP contribution in [-0.2, 0) is 0 Å². The van der Waals surface area contributed by atoms with Crippen molar-refractivity contribution in [3.63, 3.8) is 0 Å². The predicted molar refractivity (Wildman–Crippen MR) is 107 cm³/mol. The molecule has 4 aromatic rings. The lowest BCUT2D eigenvalue weighted by Gasteiger charge is -2.32. The van der Waals surface area contributed by atoms with Crippen LogP contribution < -0.4 is 10.4 Å². The van der Waals surface area contributed by atoms with E-state index in [1.807, 2.05) is 60.7 Å². The van der Waals surface area contributed by atoms with Gasteiger partial charge in [0.25, 0.3) is 0 Å². The highest BCUT2D eigenvalue weighted by Crippen LogP contribution is 2.47. The van der Waals surface area contributed by atoms with Crippen molar-refractivity contribution >= 4 is 11.0 Å². The number of para-hydroxylation sites is 2. The van der Waals surface area contributed by atoms with Crippen molar-refractivity contribution in [2.24, 2.45) is 0 Å². The zero-order chi connectivity index (χ0) is 19.1. The molecule has 4 nitrogen and oxygen atoms in total. The Morgan fingerprint density at radius 2 is 1.57 bits per heavy atom. The standard InChI is InChI=1S/C24H18O4/c25-23-17-11-5-7-13-20(17)28-24(26)22(23)18-14-21(15-8-2-1-3-9-15)27-19-12-6-4-10-16(18)19/h1-13,18,21,25H,14H2. The quantitative estimate of drug-likeness (QED) is 0.496. The highest BCUT2D eigenvalue weighted by Gasteiger charge is 2.34. The summed E-state index contributed by atoms with van der Waals surface area (Å²) in [6.07, 6.45) is 0.323. The van der Waals surface area contributed by atoms with Gasteiger partial charge in [0, 0.05) is 17.9 Å². The summed E-state index contributed by atoms with van der Waals surface area (Å²) in [7, 11) is 0. The Bertz CT molecular complexity index is 1210. The number of rotatable bonds is 2. The van der Waals surface area contributed by atoms with E-state index in [0.717, 1.165) is 16.9 Å². The smallest absolute Gasteiger partial charge is 0.343 e. The minimum Gasteiger partial charge on any atom is -0.507 e. The van der Waals surface area contributed by atoms with E-state index in [1.165, 1.54) is 0 Å². The largest absolute Gasteiger partial charge is 0.507 e. The minimum absolute atomic E-state index is 0.0136. The van der Waals surface area contributed by atoms with E-state index in [0.29, 0.717) is 17.4 Å². The highest BCUT2D eigenvalue weighted by molar-refractivity contribution is 5.84. The second kappa shape index (κ2) is 6.57. The molecule has 0 bridgehead atoms. The molecule has 2 heterocycles. The van der Waals surface area contributed by atoms with Gasteiger partial charge < -0.3 is 14.3 Å². The number of fused-ring (bicyclic) bond motifs is 2. The van der Waals surface area contributed by atoms with E-state index in [2.05, 4.69) is 0 Å². The van der Waals surface area contributed by atoms with Crippen LogP contribution in [0.5, 0.6) is 11.5 Å². The van der Waals surface area contributed by atoms with Gasteiger partial charge in [0.2, 0.25) is 0 Å². The molecule has 0 radical (unpaired) electrons. The molecular formula is C24H18O4. The molecule has 28 heavy (non-hydrogen) atoms. The van der Waals surface area contributed by atoms with E-state index < -0.39 is 5.63 Å². The summed E-state index contributed by atoms with van der Waals surface area (Å²) in [6, 6.07) is 24.6. The molecule has 0 aliphatic carbocycles. The van der Waals surface area contributed by atoms with Crippen molar-refractivity contribution in [3.05, 3.63) is 106 Å². The van der Waals surface area contributed by atoms with E-state index in [9.17, 15) is 9.90 Å². The van der Waals surface area contributed by atoms with E-state index in [-0.39, 0.29) is 23.3 Å². The molecule has 4 heteroatoms. The van der Waals surface area contributed by atoms with E-state index in [4.69, 9.17) is 9.15 Å². The summed E-state index contributed by atoms with van der Waals surface area (Å²) in [5.74, 6) is 0.385. The van der Waals surface area contributed by atoms with Crippen molar-refractivity contribution < 1.29 is 14.3 Å². The highest BCUT2D eigenvalue weighted by atomic mass is 16.5. The van der Waals surface area contributed by atoms with Crippen molar-refractivity contribution in [2.75, 3.05) is 0 Å². The van der Waals surface area contributed by atoms with Crippen LogP contribution in [0.25, 0.3) is 11.0 Å². The second-order valence-corrected chi connectivity index (χ2v) is 6.99. The summed E-state index contributed by atoms with van der Waals surface area (Å²) in [6.45, 7) is 0. The molecule has 2 unspecified atom stereocenters. The van der Waals surface area contributed by atoms with Crippen LogP contribution in [0.2, 0.25) is 0 Å². The van der Waals surface area contributed by atoms with Crippen LogP contribution in [-0.4, -0.2) is 5.11 Å². The van der Waals surface area contributed by atoms with Crippen molar-refractivity contribution in [3.8, 4) is 11.5 Å². The van der Waals surface area contributed by atoms with Gasteiger partial charge >= 0.3 is 5.63 Å². The molecule has 2 atom stereocenters. The summed E-state index contributed by atoms with van der Waals surface area (Å²) < 4.78 is 11.7. The van der Waals surface area contributed by atoms with Gasteiger partial charge in [-0.3, -0.25) is 0 Å². The topological polar surface area (TPSA) is 59.7 Å². The fraction of sp³-hybridized carbons (Fsp3) is 0.125. The molecule has 0 saturated heterocycles. The maximum atomic E-state index is 12.8. The molecule has 1 aromatic heterocycles. The molecule has 1 N–H and O–H groups in total. The molecule has 0 fully saturated rings. The number of aromatic hydroxyl groups is 1. The molecule has 138 valence electrons. The fourth-order valence-corrected chi connectivity index (χ4v) is 4.02. The van der Waals surface area contributed by atoms with Gasteiger partial charge in [0.05, 0.1) is 10.9 Å². The maximum absolute atomic E-state index is 12.8. The number of hydrogen-bond donors (Lipinski definition) is 1. The van der Waals surface area contributed by atoms with Crippen LogP contribution >= 0.6 is 0 Å². The average Bonchev–Trinajstić information content (AvgIpc) is 2.74. The Kier molecular flexibility index (Phi) is 3.90. The van der Waals surface area contributed by atoms with Gasteiger partial charge in [0.15, 0.2) is 0 Å². The monoisotopic (exact) mass is 370 g/mol. The summed E-state index contributed by atoms with van der Waals surface area (Å²) in [5.41, 5.74) is 2.08. The van der Waals surface area contributed by atoms with Gasteiger partial charge in [-0.05, 0) is 23.8 Å². The Balaban J connectivity index is 1.70. The Hall–Kier alpha value is -3.53. The number of hydrogen-bond acceptors (Lipinski definition) is 4. The molecule has 1 aliphatic rings. The Labute approximate surface area is 161 Å². The summed E-state index contributed by atoms with van der Waals surface area (Å²) >= 11 is 0. The Morgan fingerprint density at radius 1 is 0.857 bits per heavy atom. The van der Waals surface area contributed by atoms with Crippen LogP contribution in [0.3, 0.4) is 0 Å². The van der Waals surface area contributed by atoms with Gasteiger partial charge in [-0.15, -0.1) is 0 Å². The van der Waals surface area contributed by atoms with E-state index >= 15 is 0 Å². The van der Waals surface area contributed by atoms with Crippen molar-refractivity contribution in [2.45, 2.75) is 18.4 Å². The molecule has 1 aliphatic heterocycles. The molecule has 0 saturated carbocycles. The van der Waals surface area contributed by atoms with Gasteiger partial charge in [-0.2, -0.15) is 0 Å². The molecule has 0 amide bonds. The first-order chi connectivity index (χ1) is 13.7. The lowest BCUT2D eigenvalue weighted by molar-refractivity contribution is 0.166. The molecule has 0 spiro atoms. The van der Waals surface area contributed by atoms with E-state index in [1.54, 1.807) is 18.2 Å². The van der Waals surface area contributed by atoms with Crippen LogP contribution in [0.1, 0.15) is 35.1 Å². The minimum atomic E-state index is -0.510. The lowest BCUT2D eigenvalue weighted by Crippen LogP contribution is -2.23. The third kappa shape index (κ3) is 2.65. The maximum Gasteiger partial charge on any atom is 0.343 e. The normalized spacial score (nSPS) is 18.4. The van der Waals surface area contributed by atoms with Crippen LogP contribution in [0, 0.1) is 0 Å². The first-order valence-electron chi connectivity index (χ1n) is 9.27. The fourth-order valence-electron chi connectivity index (χ4n) is 4.02. The second-order valence-electron chi connectivity index (χ2n) is 6.99.